The van der Waals surface area contributed by atoms with E-state index in [2.05, 4.69) is 5.16 Å². The first-order chi connectivity index (χ1) is 7.74. The summed E-state index contributed by atoms with van der Waals surface area (Å²) >= 11 is 0. The lowest BCUT2D eigenvalue weighted by Crippen LogP contribution is -2.30. The molecule has 0 saturated carbocycles. The van der Waals surface area contributed by atoms with Crippen LogP contribution in [0.5, 0.6) is 0 Å². The molecule has 0 bridgehead atoms. The van der Waals surface area contributed by atoms with Crippen LogP contribution in [0.15, 0.2) is 35.5 Å². The van der Waals surface area contributed by atoms with Gasteiger partial charge in [-0.05, 0) is 5.56 Å². The normalized spacial score (nSPS) is 14.1. The number of hydrogen-bond donors (Lipinski definition) is 2. The molecule has 0 aromatic heterocycles. The lowest BCUT2D eigenvalue weighted by atomic mass is 10.0. The van der Waals surface area contributed by atoms with Crippen LogP contribution < -0.4 is 0 Å². The van der Waals surface area contributed by atoms with Gasteiger partial charge >= 0.3 is 0 Å². The maximum Gasteiger partial charge on any atom is 0.202 e. The lowest BCUT2D eigenvalue weighted by Gasteiger charge is -2.19. The van der Waals surface area contributed by atoms with Crippen LogP contribution in [0, 0.1) is 0 Å². The second-order valence-electron chi connectivity index (χ2n) is 3.14. The molecular formula is C11H15NO4. The van der Waals surface area contributed by atoms with Crippen LogP contribution in [-0.4, -0.2) is 36.5 Å². The highest BCUT2D eigenvalue weighted by molar-refractivity contribution is 5.91. The van der Waals surface area contributed by atoms with Crippen molar-refractivity contribution in [3.8, 4) is 0 Å². The van der Waals surface area contributed by atoms with Crippen molar-refractivity contribution >= 4 is 5.71 Å². The monoisotopic (exact) mass is 225 g/mol. The van der Waals surface area contributed by atoms with E-state index in [9.17, 15) is 5.11 Å². The van der Waals surface area contributed by atoms with Crippen molar-refractivity contribution in [2.75, 3.05) is 14.2 Å². The Morgan fingerprint density at radius 2 is 1.75 bits per heavy atom. The Balaban J connectivity index is 2.90. The zero-order valence-electron chi connectivity index (χ0n) is 9.20. The lowest BCUT2D eigenvalue weighted by molar-refractivity contribution is -0.0594. The second-order valence-corrected chi connectivity index (χ2v) is 3.14. The predicted octanol–water partition coefficient (Wildman–Crippen LogP) is 1.17. The van der Waals surface area contributed by atoms with Gasteiger partial charge in [-0.2, -0.15) is 0 Å². The molecule has 1 unspecified atom stereocenters. The summed E-state index contributed by atoms with van der Waals surface area (Å²) < 4.78 is 9.84. The van der Waals surface area contributed by atoms with Crippen molar-refractivity contribution in [2.24, 2.45) is 5.16 Å². The van der Waals surface area contributed by atoms with Crippen LogP contribution in [0.1, 0.15) is 11.7 Å². The Labute approximate surface area is 93.9 Å². The molecule has 1 aromatic rings. The molecular weight excluding hydrogens is 210 g/mol. The Hall–Kier alpha value is -1.43. The first-order valence-corrected chi connectivity index (χ1v) is 4.75. The van der Waals surface area contributed by atoms with Gasteiger partial charge in [-0.1, -0.05) is 35.5 Å². The van der Waals surface area contributed by atoms with Gasteiger partial charge in [0.25, 0.3) is 0 Å². The van der Waals surface area contributed by atoms with E-state index in [1.165, 1.54) is 14.2 Å². The second kappa shape index (κ2) is 6.22. The highest BCUT2D eigenvalue weighted by Gasteiger charge is 2.24. The summed E-state index contributed by atoms with van der Waals surface area (Å²) in [6, 6.07) is 8.83. The van der Waals surface area contributed by atoms with Gasteiger partial charge in [0.15, 0.2) is 0 Å². The molecule has 2 N–H and O–H groups in total. The Kier molecular flexibility index (Phi) is 4.91. The molecule has 1 aromatic carbocycles. The predicted molar refractivity (Wildman–Crippen MR) is 58.4 cm³/mol. The number of methoxy groups -OCH3 is 2. The van der Waals surface area contributed by atoms with Crippen molar-refractivity contribution in [3.63, 3.8) is 0 Å². The maximum absolute atomic E-state index is 9.96. The van der Waals surface area contributed by atoms with Gasteiger partial charge in [-0.3, -0.25) is 0 Å². The molecule has 1 atom stereocenters. The fourth-order valence-corrected chi connectivity index (χ4v) is 1.37. The van der Waals surface area contributed by atoms with Crippen LogP contribution in [0.25, 0.3) is 0 Å². The molecule has 0 fully saturated rings. The molecule has 0 amide bonds. The number of nitrogens with zero attached hydrogens (tertiary/aromatic N) is 1. The Morgan fingerprint density at radius 3 is 2.19 bits per heavy atom. The molecule has 0 heterocycles. The summed E-state index contributed by atoms with van der Waals surface area (Å²) in [5.74, 6) is 0. The third kappa shape index (κ3) is 2.79. The molecule has 0 aliphatic heterocycles. The van der Waals surface area contributed by atoms with E-state index in [1.54, 1.807) is 24.3 Å². The zero-order valence-corrected chi connectivity index (χ0v) is 9.20. The Morgan fingerprint density at radius 1 is 1.19 bits per heavy atom. The number of benzene rings is 1. The van der Waals surface area contributed by atoms with E-state index >= 15 is 0 Å². The van der Waals surface area contributed by atoms with E-state index in [-0.39, 0.29) is 5.71 Å². The number of rotatable bonds is 5. The van der Waals surface area contributed by atoms with Crippen molar-refractivity contribution in [1.82, 2.24) is 0 Å². The molecule has 0 aliphatic rings. The summed E-state index contributed by atoms with van der Waals surface area (Å²) in [5.41, 5.74) is 0.616. The third-order valence-electron chi connectivity index (χ3n) is 2.18. The molecule has 0 spiro atoms. The van der Waals surface area contributed by atoms with Crippen molar-refractivity contribution < 1.29 is 19.8 Å². The highest BCUT2D eigenvalue weighted by atomic mass is 16.7. The standard InChI is InChI=1S/C11H15NO4/c1-15-11(16-2)9(12-14)10(13)8-6-4-3-5-7-8/h3-7,10-11,13-14H,1-2H3. The molecule has 0 radical (unpaired) electrons. The number of ether oxygens (including phenoxy) is 2. The minimum absolute atomic E-state index is 0.0104. The molecule has 0 aliphatic carbocycles. The van der Waals surface area contributed by atoms with Crippen molar-refractivity contribution in [1.29, 1.82) is 0 Å². The summed E-state index contributed by atoms with van der Waals surface area (Å²) in [6.07, 6.45) is -1.93. The summed E-state index contributed by atoms with van der Waals surface area (Å²) in [7, 11) is 2.80. The van der Waals surface area contributed by atoms with E-state index in [1.807, 2.05) is 6.07 Å². The molecule has 1 rings (SSSR count). The fourth-order valence-electron chi connectivity index (χ4n) is 1.37. The van der Waals surface area contributed by atoms with E-state index in [4.69, 9.17) is 14.7 Å². The summed E-state index contributed by atoms with van der Waals surface area (Å²) in [5, 5.41) is 21.8. The Bertz CT molecular complexity index is 335. The van der Waals surface area contributed by atoms with Crippen LogP contribution in [0.3, 0.4) is 0 Å². The third-order valence-corrected chi connectivity index (χ3v) is 2.18. The molecule has 5 heteroatoms. The first kappa shape index (κ1) is 12.6. The summed E-state index contributed by atoms with van der Waals surface area (Å²) in [4.78, 5) is 0. The number of aliphatic hydroxyl groups excluding tert-OH is 1. The minimum Gasteiger partial charge on any atom is -0.411 e. The maximum atomic E-state index is 9.96. The van der Waals surface area contributed by atoms with Crippen LogP contribution in [-0.2, 0) is 9.47 Å². The van der Waals surface area contributed by atoms with E-state index in [0.29, 0.717) is 5.56 Å². The van der Waals surface area contributed by atoms with Gasteiger partial charge in [-0.25, -0.2) is 0 Å². The highest BCUT2D eigenvalue weighted by Crippen LogP contribution is 2.17. The largest absolute Gasteiger partial charge is 0.411 e. The topological polar surface area (TPSA) is 71.3 Å². The average Bonchev–Trinajstić information content (AvgIpc) is 2.36. The zero-order chi connectivity index (χ0) is 12.0. The SMILES string of the molecule is COC(OC)C(=NO)C(O)c1ccccc1. The molecule has 0 saturated heterocycles. The van der Waals surface area contributed by atoms with E-state index in [0.717, 1.165) is 0 Å². The molecule has 88 valence electrons. The van der Waals surface area contributed by atoms with Crippen molar-refractivity contribution in [2.45, 2.75) is 12.4 Å². The van der Waals surface area contributed by atoms with Crippen LogP contribution in [0.2, 0.25) is 0 Å². The number of oxime groups is 1. The average molecular weight is 225 g/mol. The van der Waals surface area contributed by atoms with Gasteiger partial charge in [0.05, 0.1) is 0 Å². The number of hydrogen-bond acceptors (Lipinski definition) is 5. The van der Waals surface area contributed by atoms with Crippen molar-refractivity contribution in [3.05, 3.63) is 35.9 Å². The minimum atomic E-state index is -1.06. The van der Waals surface area contributed by atoms with Gasteiger partial charge in [0, 0.05) is 14.2 Å². The fraction of sp³-hybridized carbons (Fsp3) is 0.364. The van der Waals surface area contributed by atoms with Crippen LogP contribution in [0.4, 0.5) is 0 Å². The number of aliphatic hydroxyl groups is 1. The first-order valence-electron chi connectivity index (χ1n) is 4.75. The van der Waals surface area contributed by atoms with Gasteiger partial charge in [0.2, 0.25) is 6.29 Å². The smallest absolute Gasteiger partial charge is 0.202 e. The molecule has 5 nitrogen and oxygen atoms in total. The summed E-state index contributed by atoms with van der Waals surface area (Å²) in [6.45, 7) is 0. The quantitative estimate of drug-likeness (QED) is 0.341. The van der Waals surface area contributed by atoms with Gasteiger partial charge in [0.1, 0.15) is 11.8 Å². The van der Waals surface area contributed by atoms with Gasteiger partial charge < -0.3 is 19.8 Å². The van der Waals surface area contributed by atoms with Crippen LogP contribution >= 0.6 is 0 Å². The van der Waals surface area contributed by atoms with Gasteiger partial charge in [-0.15, -0.1) is 0 Å². The molecule has 16 heavy (non-hydrogen) atoms. The van der Waals surface area contributed by atoms with E-state index < -0.39 is 12.4 Å².